The van der Waals surface area contributed by atoms with E-state index in [1.807, 2.05) is 28.7 Å². The Kier molecular flexibility index (Phi) is 13.0. The number of benzene rings is 17. The fraction of sp³-hybridized carbons (Fsp3) is 0.0385. The number of para-hydroxylation sites is 1. The third-order valence-electron chi connectivity index (χ3n) is 24.2. The third-order valence-corrected chi connectivity index (χ3v) is 26.4. The molecule has 0 radical (unpaired) electrons. The van der Waals surface area contributed by atoms with Crippen LogP contribution in [0.2, 0.25) is 0 Å². The van der Waals surface area contributed by atoms with E-state index in [1.165, 1.54) is 194 Å². The van der Waals surface area contributed by atoms with Crippen molar-refractivity contribution in [2.75, 3.05) is 0 Å². The van der Waals surface area contributed by atoms with Crippen LogP contribution >= 0.6 is 22.7 Å². The summed E-state index contributed by atoms with van der Waals surface area (Å²) in [5.41, 5.74) is 22.8. The summed E-state index contributed by atoms with van der Waals surface area (Å²) >= 11 is 3.75. The second-order valence-electron chi connectivity index (χ2n) is 29.7. The van der Waals surface area contributed by atoms with Crippen LogP contribution in [0.3, 0.4) is 0 Å². The van der Waals surface area contributed by atoms with Crippen LogP contribution in [-0.2, 0) is 0 Å². The first-order chi connectivity index (χ1) is 53.6. The molecule has 0 N–H and O–H groups in total. The molecule has 0 bridgehead atoms. The Morgan fingerprint density at radius 1 is 0.287 bits per heavy atom. The SMILES string of the molecule is C1=CC2C=CC=C(c3c4ccccc4c(-c4cccc(-c5cc6sc7ccccc7c6c6c5C5Oc7cccc(-c8ccc(-c9c%10ccccc%10c(-c%10cccc(-c%11ccc%12sc%13cc%14c(ccc%15c%16ccccc%16oc%14%15)cc%13c%12c%11)c%10)c%10ccccc9%10)c9ccccc89)c7C5C=C6)c4)c4ccccc34)C2C=C1. The third kappa shape index (κ3) is 8.81. The van der Waals surface area contributed by atoms with Crippen molar-refractivity contribution in [3.05, 3.63) is 368 Å². The van der Waals surface area contributed by atoms with Crippen LogP contribution in [0.15, 0.2) is 350 Å². The van der Waals surface area contributed by atoms with Crippen LogP contribution < -0.4 is 4.74 Å². The second kappa shape index (κ2) is 23.3. The molecule has 502 valence electrons. The van der Waals surface area contributed by atoms with Gasteiger partial charge in [0, 0.05) is 85.4 Å². The number of rotatable bonds is 7. The molecule has 0 saturated heterocycles. The van der Waals surface area contributed by atoms with E-state index in [-0.39, 0.29) is 17.9 Å². The van der Waals surface area contributed by atoms with Gasteiger partial charge in [-0.25, -0.2) is 0 Å². The average molecular weight is 1410 g/mol. The summed E-state index contributed by atoms with van der Waals surface area (Å²) in [5.74, 6) is 1.48. The summed E-state index contributed by atoms with van der Waals surface area (Å²) in [6.07, 6.45) is 20.7. The molecule has 0 saturated carbocycles. The lowest BCUT2D eigenvalue weighted by atomic mass is 9.74. The molecule has 0 spiro atoms. The Morgan fingerprint density at radius 3 is 1.59 bits per heavy atom. The predicted molar refractivity (Wildman–Crippen MR) is 461 cm³/mol. The molecule has 1 aliphatic heterocycles. The van der Waals surface area contributed by atoms with Crippen molar-refractivity contribution in [1.82, 2.24) is 0 Å². The standard InChI is InChI=1S/C104H62O2S2/c1-2-27-66-59(21-1)22-19-40-71(66)98-77-35-9-5-31-73(77)97(74-32-6-10-36-78(74)98)65-26-18-24-62(54-65)86-57-95-101(83-39-14-16-44-92(83)108-95)84-50-51-85-100-72(41-20-43-91(100)106-104(85)102(84)86)69-48-49-81(68-29-4-3-28-67(68)69)99-79-37-11-7-33-75(79)96(76-34-8-12-38-80(76)99)64-25-17-23-60(53-64)61-46-52-93-88(55-61)89-56-63-45-47-82-70-30-13-15-42-90(70)105-103(82)87(63)58-94(89)107-93/h1-59,66,85,104H. The summed E-state index contributed by atoms with van der Waals surface area (Å²) in [5, 5.41) is 22.2. The number of furan rings is 1. The topological polar surface area (TPSA) is 22.4 Å². The van der Waals surface area contributed by atoms with Crippen LogP contribution in [-0.4, -0.2) is 0 Å². The number of allylic oxidation sites excluding steroid dienone is 8. The van der Waals surface area contributed by atoms with Gasteiger partial charge >= 0.3 is 0 Å². The van der Waals surface area contributed by atoms with Gasteiger partial charge in [0.1, 0.15) is 23.0 Å². The predicted octanol–water partition coefficient (Wildman–Crippen LogP) is 29.8. The second-order valence-corrected chi connectivity index (χ2v) is 31.9. The van der Waals surface area contributed by atoms with Crippen molar-refractivity contribution in [1.29, 1.82) is 0 Å². The molecule has 3 aliphatic carbocycles. The first kappa shape index (κ1) is 60.3. The lowest BCUT2D eigenvalue weighted by Gasteiger charge is -2.29. The lowest BCUT2D eigenvalue weighted by molar-refractivity contribution is 0.224. The van der Waals surface area contributed by atoms with Crippen molar-refractivity contribution in [2.45, 2.75) is 12.0 Å². The highest BCUT2D eigenvalue weighted by atomic mass is 32.1. The van der Waals surface area contributed by atoms with Gasteiger partial charge in [-0.15, -0.1) is 22.7 Å². The largest absolute Gasteiger partial charge is 0.484 e. The lowest BCUT2D eigenvalue weighted by Crippen LogP contribution is -2.15. The molecule has 4 heterocycles. The minimum absolute atomic E-state index is 0.0562. The molecule has 17 aromatic carbocycles. The van der Waals surface area contributed by atoms with Crippen LogP contribution in [0.1, 0.15) is 34.3 Å². The summed E-state index contributed by atoms with van der Waals surface area (Å²) in [6, 6.07) is 112. The zero-order chi connectivity index (χ0) is 70.4. The zero-order valence-corrected chi connectivity index (χ0v) is 60.1. The van der Waals surface area contributed by atoms with Crippen molar-refractivity contribution >= 4 is 161 Å². The molecule has 4 unspecified atom stereocenters. The van der Waals surface area contributed by atoms with Gasteiger partial charge in [-0.1, -0.05) is 285 Å². The van der Waals surface area contributed by atoms with Gasteiger partial charge in [-0.05, 0) is 209 Å². The van der Waals surface area contributed by atoms with E-state index in [9.17, 15) is 0 Å². The van der Waals surface area contributed by atoms with Crippen molar-refractivity contribution in [2.24, 2.45) is 11.8 Å². The minimum Gasteiger partial charge on any atom is -0.484 e. The van der Waals surface area contributed by atoms with E-state index in [1.54, 1.807) is 0 Å². The van der Waals surface area contributed by atoms with Crippen molar-refractivity contribution in [3.63, 3.8) is 0 Å². The molecule has 24 rings (SSSR count). The summed E-state index contributed by atoms with van der Waals surface area (Å²) < 4.78 is 19.2. The van der Waals surface area contributed by atoms with Crippen LogP contribution in [0.4, 0.5) is 0 Å². The minimum atomic E-state index is -0.278. The highest BCUT2D eigenvalue weighted by molar-refractivity contribution is 7.26. The number of thiophene rings is 2. The molecular weight excluding hydrogens is 1350 g/mol. The van der Waals surface area contributed by atoms with Crippen molar-refractivity contribution in [3.8, 4) is 72.5 Å². The maximum Gasteiger partial charge on any atom is 0.143 e. The van der Waals surface area contributed by atoms with Crippen molar-refractivity contribution < 1.29 is 9.15 Å². The Bertz CT molecular complexity index is 7450. The van der Waals surface area contributed by atoms with E-state index < -0.39 is 0 Å². The van der Waals surface area contributed by atoms with E-state index in [4.69, 9.17) is 9.15 Å². The van der Waals surface area contributed by atoms with Gasteiger partial charge in [0.2, 0.25) is 0 Å². The molecule has 20 aromatic rings. The zero-order valence-electron chi connectivity index (χ0n) is 58.4. The molecular formula is C104H62O2S2. The van der Waals surface area contributed by atoms with E-state index in [2.05, 4.69) is 346 Å². The first-order valence-corrected chi connectivity index (χ1v) is 39.2. The summed E-state index contributed by atoms with van der Waals surface area (Å²) in [6.45, 7) is 0. The first-order valence-electron chi connectivity index (χ1n) is 37.6. The molecule has 0 amide bonds. The Labute approximate surface area is 630 Å². The maximum absolute atomic E-state index is 7.61. The highest BCUT2D eigenvalue weighted by Gasteiger charge is 2.42. The van der Waals surface area contributed by atoms with Gasteiger partial charge in [0.25, 0.3) is 0 Å². The van der Waals surface area contributed by atoms with Gasteiger partial charge < -0.3 is 9.15 Å². The van der Waals surface area contributed by atoms with E-state index >= 15 is 0 Å². The Morgan fingerprint density at radius 2 is 0.852 bits per heavy atom. The smallest absolute Gasteiger partial charge is 0.143 e. The van der Waals surface area contributed by atoms with Crippen LogP contribution in [0, 0.1) is 11.8 Å². The summed E-state index contributed by atoms with van der Waals surface area (Å²) in [7, 11) is 0. The van der Waals surface area contributed by atoms with Gasteiger partial charge in [-0.2, -0.15) is 0 Å². The number of ether oxygens (including phenoxy) is 1. The fourth-order valence-electron chi connectivity index (χ4n) is 19.5. The number of hydrogen-bond donors (Lipinski definition) is 0. The molecule has 2 nitrogen and oxygen atoms in total. The quantitative estimate of drug-likeness (QED) is 0.148. The molecule has 0 fully saturated rings. The van der Waals surface area contributed by atoms with E-state index in [0.717, 1.165) is 33.1 Å². The number of fused-ring (bicyclic) bond motifs is 23. The van der Waals surface area contributed by atoms with Crippen LogP contribution in [0.25, 0.3) is 205 Å². The normalized spacial score (nSPS) is 16.5. The average Bonchev–Trinajstić information content (AvgIpc) is 1.41. The van der Waals surface area contributed by atoms with E-state index in [0.29, 0.717) is 5.92 Å². The maximum atomic E-state index is 7.61. The summed E-state index contributed by atoms with van der Waals surface area (Å²) in [4.78, 5) is 0. The molecule has 3 aromatic heterocycles. The molecule has 108 heavy (non-hydrogen) atoms. The highest BCUT2D eigenvalue weighted by Crippen LogP contribution is 2.59. The monoisotopic (exact) mass is 1410 g/mol. The molecule has 4 atom stereocenters. The van der Waals surface area contributed by atoms with Gasteiger partial charge in [-0.3, -0.25) is 0 Å². The fourth-order valence-corrected chi connectivity index (χ4v) is 21.8. The van der Waals surface area contributed by atoms with Gasteiger partial charge in [0.15, 0.2) is 0 Å². The number of hydrogen-bond acceptors (Lipinski definition) is 4. The molecule has 4 heteroatoms. The Hall–Kier alpha value is -13.0. The van der Waals surface area contributed by atoms with Gasteiger partial charge in [0.05, 0.1) is 0 Å². The molecule has 4 aliphatic rings. The Balaban J connectivity index is 0.618. The van der Waals surface area contributed by atoms with Crippen LogP contribution in [0.5, 0.6) is 5.75 Å².